The van der Waals surface area contributed by atoms with E-state index in [9.17, 15) is 0 Å². The summed E-state index contributed by atoms with van der Waals surface area (Å²) >= 11 is 0. The minimum Gasteiger partial charge on any atom is -0.497 e. The summed E-state index contributed by atoms with van der Waals surface area (Å²) < 4.78 is 7.68. The average Bonchev–Trinajstić information content (AvgIpc) is 3.52. The van der Waals surface area contributed by atoms with Gasteiger partial charge < -0.3 is 9.72 Å². The molecule has 2 aromatic heterocycles. The van der Waals surface area contributed by atoms with Gasteiger partial charge >= 0.3 is 0 Å². The fraction of sp³-hybridized carbons (Fsp3) is 0.0333. The molecule has 0 atom stereocenters. The number of rotatable bonds is 5. The lowest BCUT2D eigenvalue weighted by Crippen LogP contribution is -2.00. The van der Waals surface area contributed by atoms with Crippen LogP contribution < -0.4 is 4.74 Å². The highest BCUT2D eigenvalue weighted by molar-refractivity contribution is 5.96. The predicted molar refractivity (Wildman–Crippen MR) is 138 cm³/mol. The van der Waals surface area contributed by atoms with Gasteiger partial charge in [0.25, 0.3) is 0 Å². The van der Waals surface area contributed by atoms with Crippen molar-refractivity contribution < 1.29 is 4.74 Å². The number of H-pyrrole nitrogens is 1. The van der Waals surface area contributed by atoms with Crippen molar-refractivity contribution in [1.29, 1.82) is 0 Å². The van der Waals surface area contributed by atoms with E-state index in [2.05, 4.69) is 94.6 Å². The molecule has 0 bridgehead atoms. The second-order valence-corrected chi connectivity index (χ2v) is 8.15. The second kappa shape index (κ2) is 8.41. The van der Waals surface area contributed by atoms with E-state index in [1.165, 1.54) is 0 Å². The molecule has 164 valence electrons. The number of aromatic amines is 1. The third kappa shape index (κ3) is 3.37. The number of fused-ring (bicyclic) bond motifs is 1. The molecule has 34 heavy (non-hydrogen) atoms. The number of hydrogen-bond donors (Lipinski definition) is 1. The van der Waals surface area contributed by atoms with Crippen LogP contribution in [0, 0.1) is 0 Å². The van der Waals surface area contributed by atoms with E-state index in [0.29, 0.717) is 0 Å². The van der Waals surface area contributed by atoms with Crippen LogP contribution in [0.4, 0.5) is 0 Å². The van der Waals surface area contributed by atoms with E-state index < -0.39 is 0 Å². The summed E-state index contributed by atoms with van der Waals surface area (Å²) in [4.78, 5) is 8.70. The van der Waals surface area contributed by atoms with Gasteiger partial charge in [-0.2, -0.15) is 0 Å². The Morgan fingerprint density at radius 3 is 2.06 bits per heavy atom. The van der Waals surface area contributed by atoms with Crippen LogP contribution in [0.15, 0.2) is 115 Å². The molecular weight excluding hydrogens is 418 g/mol. The minimum atomic E-state index is 0.821. The molecular formula is C30H23N3O. The monoisotopic (exact) mass is 441 g/mol. The van der Waals surface area contributed by atoms with E-state index in [-0.39, 0.29) is 0 Å². The van der Waals surface area contributed by atoms with Gasteiger partial charge in [-0.3, -0.25) is 4.57 Å². The number of para-hydroxylation sites is 1. The Labute approximate surface area is 198 Å². The topological polar surface area (TPSA) is 42.8 Å². The van der Waals surface area contributed by atoms with Gasteiger partial charge in [-0.1, -0.05) is 78.9 Å². The number of methoxy groups -OCH3 is 1. The van der Waals surface area contributed by atoms with Crippen LogP contribution in [0.5, 0.6) is 5.75 Å². The Morgan fingerprint density at radius 1 is 0.706 bits per heavy atom. The summed E-state index contributed by atoms with van der Waals surface area (Å²) in [6.07, 6.45) is 2.05. The first-order chi connectivity index (χ1) is 16.8. The van der Waals surface area contributed by atoms with Crippen molar-refractivity contribution in [1.82, 2.24) is 14.5 Å². The lowest BCUT2D eigenvalue weighted by molar-refractivity contribution is 0.415. The van der Waals surface area contributed by atoms with E-state index in [1.54, 1.807) is 7.11 Å². The average molecular weight is 442 g/mol. The zero-order valence-electron chi connectivity index (χ0n) is 18.8. The molecule has 1 N–H and O–H groups in total. The zero-order valence-corrected chi connectivity index (χ0v) is 18.8. The van der Waals surface area contributed by atoms with Crippen LogP contribution in [0.3, 0.4) is 0 Å². The summed E-state index contributed by atoms with van der Waals surface area (Å²) in [5.41, 5.74) is 7.36. The first kappa shape index (κ1) is 20.1. The smallest absolute Gasteiger partial charge is 0.147 e. The van der Waals surface area contributed by atoms with Gasteiger partial charge in [0.2, 0.25) is 0 Å². The summed E-state index contributed by atoms with van der Waals surface area (Å²) in [5, 5.41) is 1.14. The fourth-order valence-corrected chi connectivity index (χ4v) is 4.50. The maximum atomic E-state index is 5.42. The molecule has 0 aliphatic heterocycles. The lowest BCUT2D eigenvalue weighted by atomic mass is 10.0. The normalized spacial score (nSPS) is 11.1. The Kier molecular flexibility index (Phi) is 4.96. The molecule has 4 heteroatoms. The highest BCUT2D eigenvalue weighted by Gasteiger charge is 2.23. The Hall–Kier alpha value is -4.57. The molecule has 0 fully saturated rings. The third-order valence-corrected chi connectivity index (χ3v) is 6.13. The van der Waals surface area contributed by atoms with Crippen LogP contribution in [0.1, 0.15) is 0 Å². The van der Waals surface area contributed by atoms with Crippen LogP contribution in [-0.2, 0) is 0 Å². The Balaban J connectivity index is 1.72. The second-order valence-electron chi connectivity index (χ2n) is 8.15. The summed E-state index contributed by atoms with van der Waals surface area (Å²) in [5.74, 6) is 1.71. The maximum Gasteiger partial charge on any atom is 0.147 e. The first-order valence-electron chi connectivity index (χ1n) is 11.3. The zero-order chi connectivity index (χ0) is 22.9. The molecule has 0 saturated carbocycles. The number of nitrogens with zero attached hydrogens (tertiary/aromatic N) is 2. The summed E-state index contributed by atoms with van der Waals surface area (Å²) in [6, 6.07) is 37.3. The van der Waals surface area contributed by atoms with Crippen molar-refractivity contribution in [2.45, 2.75) is 0 Å². The number of imidazole rings is 1. The first-order valence-corrected chi connectivity index (χ1v) is 11.3. The van der Waals surface area contributed by atoms with Crippen molar-refractivity contribution in [2.24, 2.45) is 0 Å². The largest absolute Gasteiger partial charge is 0.497 e. The molecule has 6 rings (SSSR count). The Morgan fingerprint density at radius 2 is 1.35 bits per heavy atom. The number of benzene rings is 4. The molecule has 0 spiro atoms. The van der Waals surface area contributed by atoms with Gasteiger partial charge in [0, 0.05) is 39.5 Å². The maximum absolute atomic E-state index is 5.42. The van der Waals surface area contributed by atoms with E-state index in [1.807, 2.05) is 30.3 Å². The number of nitrogens with one attached hydrogen (secondary N) is 1. The summed E-state index contributed by atoms with van der Waals surface area (Å²) in [6.45, 7) is 0. The van der Waals surface area contributed by atoms with E-state index in [4.69, 9.17) is 9.72 Å². The van der Waals surface area contributed by atoms with Gasteiger partial charge in [-0.05, 0) is 30.3 Å². The third-order valence-electron chi connectivity index (χ3n) is 6.13. The van der Waals surface area contributed by atoms with Crippen LogP contribution >= 0.6 is 0 Å². The van der Waals surface area contributed by atoms with Crippen molar-refractivity contribution in [2.75, 3.05) is 7.11 Å². The molecule has 0 amide bonds. The molecule has 2 heterocycles. The molecule has 4 nitrogen and oxygen atoms in total. The molecule has 0 aliphatic carbocycles. The number of ether oxygens (including phenoxy) is 1. The van der Waals surface area contributed by atoms with Crippen LogP contribution in [-0.4, -0.2) is 21.6 Å². The van der Waals surface area contributed by atoms with Gasteiger partial charge in [0.15, 0.2) is 0 Å². The standard InChI is InChI=1S/C30H23N3O/c1-34-24-18-16-23(17-19-24)33-29(22-12-6-3-7-13-22)28(21-10-4-2-5-11-21)32-30(33)26-20-31-27-15-9-8-14-25(26)27/h2-20,31H,1H3. The molecule has 6 aromatic rings. The quantitative estimate of drug-likeness (QED) is 0.304. The van der Waals surface area contributed by atoms with E-state index in [0.717, 1.165) is 56.2 Å². The Bertz CT molecular complexity index is 1560. The van der Waals surface area contributed by atoms with Crippen LogP contribution in [0.25, 0.3) is 50.5 Å². The predicted octanol–water partition coefficient (Wildman–Crippen LogP) is 7.36. The SMILES string of the molecule is COc1ccc(-n2c(-c3c[nH]c4ccccc34)nc(-c3ccccc3)c2-c2ccccc2)cc1. The molecule has 0 aliphatic rings. The van der Waals surface area contributed by atoms with Gasteiger partial charge in [0.05, 0.1) is 18.5 Å². The summed E-state index contributed by atoms with van der Waals surface area (Å²) in [7, 11) is 1.69. The van der Waals surface area contributed by atoms with Crippen molar-refractivity contribution in [3.8, 4) is 45.3 Å². The fourth-order valence-electron chi connectivity index (χ4n) is 4.50. The van der Waals surface area contributed by atoms with Crippen molar-refractivity contribution in [3.63, 3.8) is 0 Å². The molecule has 0 unspecified atom stereocenters. The van der Waals surface area contributed by atoms with Gasteiger partial charge in [-0.15, -0.1) is 0 Å². The number of hydrogen-bond acceptors (Lipinski definition) is 2. The minimum absolute atomic E-state index is 0.821. The lowest BCUT2D eigenvalue weighted by Gasteiger charge is -2.14. The highest BCUT2D eigenvalue weighted by atomic mass is 16.5. The molecule has 0 radical (unpaired) electrons. The molecule has 4 aromatic carbocycles. The molecule has 0 saturated heterocycles. The van der Waals surface area contributed by atoms with Crippen LogP contribution in [0.2, 0.25) is 0 Å². The van der Waals surface area contributed by atoms with Crippen molar-refractivity contribution >= 4 is 10.9 Å². The highest BCUT2D eigenvalue weighted by Crippen LogP contribution is 2.40. The van der Waals surface area contributed by atoms with Gasteiger partial charge in [0.1, 0.15) is 11.6 Å². The van der Waals surface area contributed by atoms with E-state index >= 15 is 0 Å². The van der Waals surface area contributed by atoms with Gasteiger partial charge in [-0.25, -0.2) is 4.98 Å². The van der Waals surface area contributed by atoms with Crippen molar-refractivity contribution in [3.05, 3.63) is 115 Å². The number of aromatic nitrogens is 3.